The standard InChI is InChI=1S/C12H11F2NO2/c13-12(14)17-11-6-2-1-5-10(11)15-8-9-4-3-7-16-9/h1-7,12,15H,8H2. The van der Waals surface area contributed by atoms with Crippen molar-refractivity contribution in [3.05, 3.63) is 48.4 Å². The van der Waals surface area contributed by atoms with Crippen LogP contribution in [0.4, 0.5) is 14.5 Å². The second-order valence-corrected chi connectivity index (χ2v) is 3.31. The van der Waals surface area contributed by atoms with Crippen molar-refractivity contribution in [1.29, 1.82) is 0 Å². The summed E-state index contributed by atoms with van der Waals surface area (Å²) in [5, 5.41) is 2.97. The first-order valence-corrected chi connectivity index (χ1v) is 5.06. The van der Waals surface area contributed by atoms with Crippen LogP contribution in [-0.2, 0) is 6.54 Å². The maximum absolute atomic E-state index is 12.1. The van der Waals surface area contributed by atoms with Crippen molar-refractivity contribution in [3.8, 4) is 5.75 Å². The van der Waals surface area contributed by atoms with E-state index in [1.54, 1.807) is 36.6 Å². The fourth-order valence-electron chi connectivity index (χ4n) is 1.41. The Labute approximate surface area is 97.0 Å². The number of furan rings is 1. The molecule has 2 rings (SSSR count). The number of rotatable bonds is 5. The minimum Gasteiger partial charge on any atom is -0.467 e. The van der Waals surface area contributed by atoms with Crippen molar-refractivity contribution in [1.82, 2.24) is 0 Å². The van der Waals surface area contributed by atoms with Crippen LogP contribution in [0.5, 0.6) is 5.75 Å². The van der Waals surface area contributed by atoms with Crippen LogP contribution in [0.1, 0.15) is 5.76 Å². The van der Waals surface area contributed by atoms with Crippen LogP contribution < -0.4 is 10.1 Å². The third kappa shape index (κ3) is 3.21. The van der Waals surface area contributed by atoms with Gasteiger partial charge in [0.2, 0.25) is 0 Å². The lowest BCUT2D eigenvalue weighted by atomic mass is 10.3. The number of alkyl halides is 2. The maximum Gasteiger partial charge on any atom is 0.387 e. The molecule has 0 aliphatic carbocycles. The summed E-state index contributed by atoms with van der Waals surface area (Å²) < 4.78 is 33.8. The van der Waals surface area contributed by atoms with E-state index in [9.17, 15) is 8.78 Å². The smallest absolute Gasteiger partial charge is 0.387 e. The Morgan fingerprint density at radius 1 is 1.18 bits per heavy atom. The van der Waals surface area contributed by atoms with Crippen molar-refractivity contribution < 1.29 is 17.9 Å². The Balaban J connectivity index is 2.04. The molecule has 90 valence electrons. The summed E-state index contributed by atoms with van der Waals surface area (Å²) in [6.07, 6.45) is 1.55. The molecule has 0 amide bonds. The molecule has 0 radical (unpaired) electrons. The van der Waals surface area contributed by atoms with Crippen molar-refractivity contribution in [2.45, 2.75) is 13.2 Å². The van der Waals surface area contributed by atoms with E-state index < -0.39 is 6.61 Å². The molecule has 0 atom stereocenters. The molecule has 5 heteroatoms. The highest BCUT2D eigenvalue weighted by Crippen LogP contribution is 2.25. The third-order valence-electron chi connectivity index (χ3n) is 2.14. The van der Waals surface area contributed by atoms with Gasteiger partial charge in [0.05, 0.1) is 18.5 Å². The average molecular weight is 239 g/mol. The number of benzene rings is 1. The van der Waals surface area contributed by atoms with Crippen LogP contribution in [0.3, 0.4) is 0 Å². The molecule has 0 aliphatic rings. The van der Waals surface area contributed by atoms with E-state index in [0.29, 0.717) is 12.2 Å². The number of hydrogen-bond donors (Lipinski definition) is 1. The van der Waals surface area contributed by atoms with E-state index in [2.05, 4.69) is 10.1 Å². The molecular weight excluding hydrogens is 228 g/mol. The number of halogens is 2. The monoisotopic (exact) mass is 239 g/mol. The topological polar surface area (TPSA) is 34.4 Å². The summed E-state index contributed by atoms with van der Waals surface area (Å²) in [6.45, 7) is -2.42. The number of hydrogen-bond acceptors (Lipinski definition) is 3. The lowest BCUT2D eigenvalue weighted by Gasteiger charge is -2.11. The molecule has 0 spiro atoms. The molecule has 1 aromatic carbocycles. The highest BCUT2D eigenvalue weighted by molar-refractivity contribution is 5.56. The van der Waals surface area contributed by atoms with Crippen LogP contribution in [0.2, 0.25) is 0 Å². The zero-order valence-electron chi connectivity index (χ0n) is 8.90. The molecule has 17 heavy (non-hydrogen) atoms. The molecule has 0 bridgehead atoms. The number of ether oxygens (including phenoxy) is 1. The molecule has 1 aromatic heterocycles. The van der Waals surface area contributed by atoms with Crippen molar-refractivity contribution in [2.24, 2.45) is 0 Å². The highest BCUT2D eigenvalue weighted by Gasteiger charge is 2.08. The van der Waals surface area contributed by atoms with Crippen molar-refractivity contribution >= 4 is 5.69 Å². The molecule has 0 saturated carbocycles. The number of anilines is 1. The summed E-state index contributed by atoms with van der Waals surface area (Å²) in [4.78, 5) is 0. The van der Waals surface area contributed by atoms with E-state index in [0.717, 1.165) is 5.76 Å². The van der Waals surface area contributed by atoms with Gasteiger partial charge < -0.3 is 14.5 Å². The second kappa shape index (κ2) is 5.34. The van der Waals surface area contributed by atoms with Gasteiger partial charge in [-0.15, -0.1) is 0 Å². The van der Waals surface area contributed by atoms with Crippen LogP contribution >= 0.6 is 0 Å². The van der Waals surface area contributed by atoms with Gasteiger partial charge in [-0.25, -0.2) is 0 Å². The van der Waals surface area contributed by atoms with Crippen LogP contribution in [0.25, 0.3) is 0 Å². The average Bonchev–Trinajstić information content (AvgIpc) is 2.80. The van der Waals surface area contributed by atoms with Crippen LogP contribution in [0, 0.1) is 0 Å². The summed E-state index contributed by atoms with van der Waals surface area (Å²) in [5.41, 5.74) is 0.504. The third-order valence-corrected chi connectivity index (χ3v) is 2.14. The van der Waals surface area contributed by atoms with Crippen molar-refractivity contribution in [2.75, 3.05) is 5.32 Å². The van der Waals surface area contributed by atoms with Gasteiger partial charge in [0.15, 0.2) is 0 Å². The van der Waals surface area contributed by atoms with Gasteiger partial charge in [-0.3, -0.25) is 0 Å². The second-order valence-electron chi connectivity index (χ2n) is 3.31. The maximum atomic E-state index is 12.1. The van der Waals surface area contributed by atoms with E-state index in [-0.39, 0.29) is 5.75 Å². The zero-order valence-corrected chi connectivity index (χ0v) is 8.90. The normalized spacial score (nSPS) is 10.5. The highest BCUT2D eigenvalue weighted by atomic mass is 19.3. The first-order valence-electron chi connectivity index (χ1n) is 5.06. The molecule has 1 heterocycles. The lowest BCUT2D eigenvalue weighted by Crippen LogP contribution is -2.06. The number of nitrogens with one attached hydrogen (secondary N) is 1. The summed E-state index contributed by atoms with van der Waals surface area (Å²) in [6, 6.07) is 10.1. The van der Waals surface area contributed by atoms with E-state index >= 15 is 0 Å². The summed E-state index contributed by atoms with van der Waals surface area (Å²) in [7, 11) is 0. The Bertz CT molecular complexity index is 457. The van der Waals surface area contributed by atoms with E-state index in [1.165, 1.54) is 6.07 Å². The van der Waals surface area contributed by atoms with Gasteiger partial charge in [-0.1, -0.05) is 12.1 Å². The van der Waals surface area contributed by atoms with Gasteiger partial charge in [0.1, 0.15) is 11.5 Å². The fourth-order valence-corrected chi connectivity index (χ4v) is 1.41. The van der Waals surface area contributed by atoms with Crippen LogP contribution in [0.15, 0.2) is 47.1 Å². The van der Waals surface area contributed by atoms with E-state index in [1.807, 2.05) is 0 Å². The Morgan fingerprint density at radius 2 is 2.00 bits per heavy atom. The Morgan fingerprint density at radius 3 is 2.71 bits per heavy atom. The fraction of sp³-hybridized carbons (Fsp3) is 0.167. The zero-order chi connectivity index (χ0) is 12.1. The summed E-state index contributed by atoms with van der Waals surface area (Å²) in [5.74, 6) is 0.839. The van der Waals surface area contributed by atoms with Gasteiger partial charge >= 0.3 is 6.61 Å². The van der Waals surface area contributed by atoms with E-state index in [4.69, 9.17) is 4.42 Å². The van der Waals surface area contributed by atoms with Crippen LogP contribution in [-0.4, -0.2) is 6.61 Å². The molecule has 0 aliphatic heterocycles. The first-order chi connectivity index (χ1) is 8.25. The van der Waals surface area contributed by atoms with Gasteiger partial charge in [0.25, 0.3) is 0 Å². The molecule has 0 fully saturated rings. The van der Waals surface area contributed by atoms with Gasteiger partial charge in [-0.2, -0.15) is 8.78 Å². The SMILES string of the molecule is FC(F)Oc1ccccc1NCc1ccco1. The quantitative estimate of drug-likeness (QED) is 0.867. The lowest BCUT2D eigenvalue weighted by molar-refractivity contribution is -0.0493. The minimum atomic E-state index is -2.83. The molecule has 2 aromatic rings. The van der Waals surface area contributed by atoms with Gasteiger partial charge in [-0.05, 0) is 24.3 Å². The molecule has 0 unspecified atom stereocenters. The first kappa shape index (κ1) is 11.4. The molecule has 0 saturated heterocycles. The minimum absolute atomic E-state index is 0.119. The van der Waals surface area contributed by atoms with Crippen molar-refractivity contribution in [3.63, 3.8) is 0 Å². The molecule has 1 N–H and O–H groups in total. The number of para-hydroxylation sites is 2. The predicted molar refractivity (Wildman–Crippen MR) is 59.1 cm³/mol. The predicted octanol–water partition coefficient (Wildman–Crippen LogP) is 3.49. The Hall–Kier alpha value is -2.04. The molecular formula is C12H11F2NO2. The largest absolute Gasteiger partial charge is 0.467 e. The van der Waals surface area contributed by atoms with Gasteiger partial charge in [0, 0.05) is 0 Å². The molecule has 3 nitrogen and oxygen atoms in total. The Kier molecular flexibility index (Phi) is 3.59. The summed E-state index contributed by atoms with van der Waals surface area (Å²) >= 11 is 0.